The SMILES string of the molecule is Clc1cccc(N=C2SCS2)c1Cl. The molecule has 1 aromatic carbocycles. The zero-order valence-electron chi connectivity index (χ0n) is 6.46. The van der Waals surface area contributed by atoms with E-state index in [9.17, 15) is 0 Å². The van der Waals surface area contributed by atoms with Gasteiger partial charge < -0.3 is 0 Å². The highest BCUT2D eigenvalue weighted by Crippen LogP contribution is 2.38. The summed E-state index contributed by atoms with van der Waals surface area (Å²) in [4.78, 5) is 4.35. The van der Waals surface area contributed by atoms with Gasteiger partial charge in [-0.25, -0.2) is 4.99 Å². The molecule has 0 amide bonds. The standard InChI is InChI=1S/C8H5Cl2NS2/c9-5-2-1-3-6(7(5)10)11-8-12-4-13-8/h1-3H,4H2. The molecule has 0 N–H and O–H groups in total. The molecule has 0 spiro atoms. The van der Waals surface area contributed by atoms with Crippen LogP contribution in [0.3, 0.4) is 0 Å². The van der Waals surface area contributed by atoms with E-state index in [1.165, 1.54) is 0 Å². The Kier molecular flexibility index (Phi) is 3.09. The fourth-order valence-corrected chi connectivity index (χ4v) is 2.41. The van der Waals surface area contributed by atoms with Gasteiger partial charge in [0.2, 0.25) is 0 Å². The minimum Gasteiger partial charge on any atom is -0.233 e. The number of halogens is 2. The Bertz CT molecular complexity index is 359. The van der Waals surface area contributed by atoms with Crippen molar-refractivity contribution in [3.8, 4) is 0 Å². The van der Waals surface area contributed by atoms with Crippen molar-refractivity contribution in [2.75, 3.05) is 5.08 Å². The highest BCUT2D eigenvalue weighted by Gasteiger charge is 2.13. The molecule has 1 saturated heterocycles. The molecule has 0 aromatic heterocycles. The first-order chi connectivity index (χ1) is 6.27. The molecule has 1 aliphatic heterocycles. The zero-order valence-corrected chi connectivity index (χ0v) is 9.60. The van der Waals surface area contributed by atoms with Gasteiger partial charge in [0.1, 0.15) is 4.38 Å². The lowest BCUT2D eigenvalue weighted by Gasteiger charge is -2.12. The molecule has 0 atom stereocenters. The van der Waals surface area contributed by atoms with Gasteiger partial charge in [-0.15, -0.1) is 0 Å². The monoisotopic (exact) mass is 249 g/mol. The van der Waals surface area contributed by atoms with E-state index < -0.39 is 0 Å². The molecular weight excluding hydrogens is 245 g/mol. The average molecular weight is 250 g/mol. The average Bonchev–Trinajstić information content (AvgIpc) is 2.04. The number of rotatable bonds is 1. The van der Waals surface area contributed by atoms with E-state index in [1.807, 2.05) is 12.1 Å². The second-order valence-electron chi connectivity index (χ2n) is 2.36. The predicted molar refractivity (Wildman–Crippen MR) is 63.6 cm³/mol. The van der Waals surface area contributed by atoms with Crippen LogP contribution in [-0.4, -0.2) is 9.46 Å². The van der Waals surface area contributed by atoms with Crippen molar-refractivity contribution < 1.29 is 0 Å². The maximum atomic E-state index is 5.96. The topological polar surface area (TPSA) is 12.4 Å². The highest BCUT2D eigenvalue weighted by molar-refractivity contribution is 8.52. The molecule has 1 fully saturated rings. The Morgan fingerprint density at radius 2 is 2.00 bits per heavy atom. The smallest absolute Gasteiger partial charge is 0.132 e. The van der Waals surface area contributed by atoms with Crippen molar-refractivity contribution in [2.24, 2.45) is 4.99 Å². The van der Waals surface area contributed by atoms with Crippen LogP contribution in [0.5, 0.6) is 0 Å². The van der Waals surface area contributed by atoms with E-state index >= 15 is 0 Å². The van der Waals surface area contributed by atoms with Crippen molar-refractivity contribution in [3.05, 3.63) is 28.2 Å². The summed E-state index contributed by atoms with van der Waals surface area (Å²) in [6.07, 6.45) is 0. The van der Waals surface area contributed by atoms with Gasteiger partial charge in [0.15, 0.2) is 0 Å². The Labute approximate surface area is 94.9 Å². The zero-order chi connectivity index (χ0) is 9.26. The van der Waals surface area contributed by atoms with Gasteiger partial charge in [0.05, 0.1) is 20.8 Å². The van der Waals surface area contributed by atoms with E-state index in [0.29, 0.717) is 10.0 Å². The van der Waals surface area contributed by atoms with Crippen molar-refractivity contribution in [1.82, 2.24) is 0 Å². The molecule has 0 aliphatic carbocycles. The van der Waals surface area contributed by atoms with E-state index in [-0.39, 0.29) is 0 Å². The fraction of sp³-hybridized carbons (Fsp3) is 0.125. The second kappa shape index (κ2) is 4.13. The first-order valence-electron chi connectivity index (χ1n) is 3.55. The molecule has 13 heavy (non-hydrogen) atoms. The van der Waals surface area contributed by atoms with Crippen LogP contribution in [0.4, 0.5) is 5.69 Å². The third kappa shape index (κ3) is 2.15. The van der Waals surface area contributed by atoms with Crippen molar-refractivity contribution in [3.63, 3.8) is 0 Å². The largest absolute Gasteiger partial charge is 0.233 e. The van der Waals surface area contributed by atoms with Crippen molar-refractivity contribution >= 4 is 56.8 Å². The Balaban J connectivity index is 2.34. The molecule has 0 saturated carbocycles. The summed E-state index contributed by atoms with van der Waals surface area (Å²) < 4.78 is 1.06. The first-order valence-corrected chi connectivity index (χ1v) is 6.28. The molecule has 0 unspecified atom stereocenters. The van der Waals surface area contributed by atoms with Crippen LogP contribution >= 0.6 is 46.7 Å². The van der Waals surface area contributed by atoms with E-state index in [2.05, 4.69) is 4.99 Å². The predicted octanol–water partition coefficient (Wildman–Crippen LogP) is 4.42. The van der Waals surface area contributed by atoms with Gasteiger partial charge in [-0.05, 0) is 12.1 Å². The first kappa shape index (κ1) is 9.71. The van der Waals surface area contributed by atoms with Crippen molar-refractivity contribution in [2.45, 2.75) is 0 Å². The molecule has 0 bridgehead atoms. The number of thioether (sulfide) groups is 2. The van der Waals surface area contributed by atoms with Crippen molar-refractivity contribution in [1.29, 1.82) is 0 Å². The highest BCUT2D eigenvalue weighted by atomic mass is 35.5. The van der Waals surface area contributed by atoms with E-state index in [4.69, 9.17) is 23.2 Å². The minimum atomic E-state index is 0.532. The number of nitrogens with zero attached hydrogens (tertiary/aromatic N) is 1. The molecule has 1 heterocycles. The van der Waals surface area contributed by atoms with Crippen LogP contribution in [0.2, 0.25) is 10.0 Å². The van der Waals surface area contributed by atoms with Gasteiger partial charge >= 0.3 is 0 Å². The quantitative estimate of drug-likeness (QED) is 0.731. The molecule has 0 radical (unpaired) electrons. The summed E-state index contributed by atoms with van der Waals surface area (Å²) in [6, 6.07) is 5.47. The molecular formula is C8H5Cl2NS2. The number of aliphatic imine (C=N–C) groups is 1. The second-order valence-corrected chi connectivity index (χ2v) is 5.69. The van der Waals surface area contributed by atoms with Gasteiger partial charge in [-0.2, -0.15) is 0 Å². The van der Waals surface area contributed by atoms with Crippen LogP contribution in [0.1, 0.15) is 0 Å². The van der Waals surface area contributed by atoms with Crippen LogP contribution in [0.15, 0.2) is 23.2 Å². The number of hydrogen-bond donors (Lipinski definition) is 0. The lowest BCUT2D eigenvalue weighted by Crippen LogP contribution is -1.96. The van der Waals surface area contributed by atoms with Gasteiger partial charge in [-0.1, -0.05) is 52.8 Å². The molecule has 1 aromatic rings. The third-order valence-electron chi connectivity index (χ3n) is 1.51. The van der Waals surface area contributed by atoms with Gasteiger partial charge in [0.25, 0.3) is 0 Å². The lowest BCUT2D eigenvalue weighted by atomic mass is 10.3. The molecule has 68 valence electrons. The van der Waals surface area contributed by atoms with Gasteiger partial charge in [0, 0.05) is 0 Å². The third-order valence-corrected chi connectivity index (χ3v) is 4.64. The molecule has 5 heteroatoms. The van der Waals surface area contributed by atoms with Crippen LogP contribution in [-0.2, 0) is 0 Å². The number of hydrogen-bond acceptors (Lipinski definition) is 3. The summed E-state index contributed by atoms with van der Waals surface area (Å²) in [6.45, 7) is 0. The Morgan fingerprint density at radius 1 is 1.23 bits per heavy atom. The van der Waals surface area contributed by atoms with E-state index in [0.717, 1.165) is 15.1 Å². The summed E-state index contributed by atoms with van der Waals surface area (Å²) in [5.74, 6) is 0. The minimum absolute atomic E-state index is 0.532. The number of benzene rings is 1. The summed E-state index contributed by atoms with van der Waals surface area (Å²) in [5.41, 5.74) is 0.754. The van der Waals surface area contributed by atoms with Crippen LogP contribution in [0, 0.1) is 0 Å². The molecule has 2 rings (SSSR count). The summed E-state index contributed by atoms with van der Waals surface area (Å²) in [5, 5.41) is 2.17. The maximum Gasteiger partial charge on any atom is 0.132 e. The fourth-order valence-electron chi connectivity index (χ4n) is 0.853. The van der Waals surface area contributed by atoms with Crippen LogP contribution in [0.25, 0.3) is 0 Å². The summed E-state index contributed by atoms with van der Waals surface area (Å²) in [7, 11) is 0. The molecule has 1 aliphatic rings. The maximum absolute atomic E-state index is 5.96. The summed E-state index contributed by atoms with van der Waals surface area (Å²) >= 11 is 15.3. The molecule has 1 nitrogen and oxygen atoms in total. The Morgan fingerprint density at radius 3 is 2.62 bits per heavy atom. The van der Waals surface area contributed by atoms with Crippen LogP contribution < -0.4 is 0 Å². The van der Waals surface area contributed by atoms with Gasteiger partial charge in [-0.3, -0.25) is 0 Å². The lowest BCUT2D eigenvalue weighted by molar-refractivity contribution is 1.54. The normalized spacial score (nSPS) is 15.4. The van der Waals surface area contributed by atoms with E-state index in [1.54, 1.807) is 29.6 Å². The Hall–Kier alpha value is 0.170.